The number of hydrogen-bond acceptors (Lipinski definition) is 5. The lowest BCUT2D eigenvalue weighted by Gasteiger charge is -2.18. The highest BCUT2D eigenvalue weighted by atomic mass is 35.5. The molecular weight excluding hydrogens is 504 g/mol. The van der Waals surface area contributed by atoms with Gasteiger partial charge >= 0.3 is 5.97 Å². The van der Waals surface area contributed by atoms with Crippen molar-refractivity contribution in [1.29, 1.82) is 0 Å². The number of benzene rings is 3. The zero-order chi connectivity index (χ0) is 26.0. The van der Waals surface area contributed by atoms with Crippen molar-refractivity contribution >= 4 is 40.7 Å². The number of methoxy groups -OCH3 is 1. The molecule has 186 valence electrons. The Hall–Kier alpha value is -3.55. The fourth-order valence-corrected chi connectivity index (χ4v) is 4.22. The number of hydrogen-bond donors (Lipinski definition) is 1. The highest BCUT2D eigenvalue weighted by Crippen LogP contribution is 2.37. The number of rotatable bonds is 7. The molecule has 0 atom stereocenters. The highest BCUT2D eigenvalue weighted by Gasteiger charge is 2.28. The number of halogens is 3. The fourth-order valence-electron chi connectivity index (χ4n) is 3.82. The van der Waals surface area contributed by atoms with Crippen LogP contribution in [0.25, 0.3) is 11.4 Å². The number of para-hydroxylation sites is 1. The van der Waals surface area contributed by atoms with Gasteiger partial charge in [-0.25, -0.2) is 14.2 Å². The summed E-state index contributed by atoms with van der Waals surface area (Å²) in [5.41, 5.74) is 1.40. The summed E-state index contributed by atoms with van der Waals surface area (Å²) in [5.74, 6) is 0.236. The van der Waals surface area contributed by atoms with Crippen LogP contribution in [0.3, 0.4) is 0 Å². The van der Waals surface area contributed by atoms with E-state index in [1.807, 2.05) is 32.0 Å². The van der Waals surface area contributed by atoms with Gasteiger partial charge in [0.1, 0.15) is 23.1 Å². The first-order chi connectivity index (χ1) is 17.2. The van der Waals surface area contributed by atoms with Crippen molar-refractivity contribution in [2.75, 3.05) is 12.4 Å². The molecule has 0 amide bonds. The third-order valence-electron chi connectivity index (χ3n) is 5.51. The zero-order valence-corrected chi connectivity index (χ0v) is 21.6. The van der Waals surface area contributed by atoms with E-state index in [9.17, 15) is 9.18 Å². The van der Waals surface area contributed by atoms with Gasteiger partial charge in [0.15, 0.2) is 11.5 Å². The molecule has 0 spiro atoms. The van der Waals surface area contributed by atoms with Gasteiger partial charge in [0.05, 0.1) is 23.4 Å². The number of nitrogens with zero attached hydrogens (tertiary/aromatic N) is 2. The molecule has 0 aliphatic heterocycles. The Kier molecular flexibility index (Phi) is 7.52. The third-order valence-corrected chi connectivity index (χ3v) is 6.04. The Morgan fingerprint density at radius 1 is 1.06 bits per heavy atom. The van der Waals surface area contributed by atoms with Crippen molar-refractivity contribution in [3.63, 3.8) is 0 Å². The molecule has 0 aliphatic carbocycles. The lowest BCUT2D eigenvalue weighted by Crippen LogP contribution is -2.14. The van der Waals surface area contributed by atoms with E-state index in [1.165, 1.54) is 12.1 Å². The largest absolute Gasteiger partial charge is 0.496 e. The molecule has 0 bridgehead atoms. The Balaban J connectivity index is 1.91. The quantitative estimate of drug-likeness (QED) is 0.195. The van der Waals surface area contributed by atoms with E-state index in [0.29, 0.717) is 33.5 Å². The minimum atomic E-state index is -0.721. The summed E-state index contributed by atoms with van der Waals surface area (Å²) in [5, 5.41) is 3.50. The normalized spacial score (nSPS) is 11.0. The van der Waals surface area contributed by atoms with E-state index in [2.05, 4.69) is 10.3 Å². The van der Waals surface area contributed by atoms with E-state index in [0.717, 1.165) is 0 Å². The second-order valence-electron chi connectivity index (χ2n) is 8.32. The maximum Gasteiger partial charge on any atom is 0.366 e. The summed E-state index contributed by atoms with van der Waals surface area (Å²) in [6.07, 6.45) is 0. The number of anilines is 2. The average Bonchev–Trinajstić information content (AvgIpc) is 3.23. The molecule has 1 heterocycles. The molecule has 0 unspecified atom stereocenters. The van der Waals surface area contributed by atoms with E-state index >= 15 is 0 Å². The Labute approximate surface area is 218 Å². The molecule has 0 saturated carbocycles. The minimum absolute atomic E-state index is 0.0293. The Morgan fingerprint density at radius 2 is 1.81 bits per heavy atom. The zero-order valence-electron chi connectivity index (χ0n) is 20.1. The molecule has 0 fully saturated rings. The van der Waals surface area contributed by atoms with Gasteiger partial charge in [0.2, 0.25) is 0 Å². The van der Waals surface area contributed by atoms with Crippen molar-refractivity contribution in [3.8, 4) is 22.9 Å². The standard InChI is InChI=1S/C27H24Cl2FN3O3/c1-15(2)33-25(18-8-5-6-11-22(18)35-4)32-24(26(33)31-20-10-7-9-19(29)23(20)30)27(34)36-21-13-12-17(28)14-16(21)3/h5-15,31H,1-4H3. The molecule has 1 N–H and O–H groups in total. The van der Waals surface area contributed by atoms with Crippen LogP contribution in [0.4, 0.5) is 15.9 Å². The summed E-state index contributed by atoms with van der Waals surface area (Å²) in [6.45, 7) is 5.64. The molecule has 36 heavy (non-hydrogen) atoms. The van der Waals surface area contributed by atoms with Gasteiger partial charge in [-0.2, -0.15) is 0 Å². The fraction of sp³-hybridized carbons (Fsp3) is 0.185. The number of carbonyl (C=O) groups is 1. The first-order valence-corrected chi connectivity index (χ1v) is 11.9. The van der Waals surface area contributed by atoms with Gasteiger partial charge in [-0.15, -0.1) is 0 Å². The monoisotopic (exact) mass is 527 g/mol. The number of aromatic nitrogens is 2. The van der Waals surface area contributed by atoms with Crippen LogP contribution in [0.5, 0.6) is 11.5 Å². The number of imidazole rings is 1. The van der Waals surface area contributed by atoms with Crippen LogP contribution in [0.2, 0.25) is 10.0 Å². The second kappa shape index (κ2) is 10.6. The van der Waals surface area contributed by atoms with Crippen LogP contribution in [0.15, 0.2) is 60.7 Å². The van der Waals surface area contributed by atoms with Crippen molar-refractivity contribution in [2.24, 2.45) is 0 Å². The molecule has 6 nitrogen and oxygen atoms in total. The van der Waals surface area contributed by atoms with Crippen LogP contribution in [0.1, 0.15) is 35.9 Å². The Morgan fingerprint density at radius 3 is 2.50 bits per heavy atom. The SMILES string of the molecule is COc1ccccc1-c1nc(C(=O)Oc2ccc(Cl)cc2C)c(Nc2cccc(Cl)c2F)n1C(C)C. The van der Waals surface area contributed by atoms with E-state index < -0.39 is 11.8 Å². The van der Waals surface area contributed by atoms with Crippen LogP contribution in [-0.2, 0) is 0 Å². The first kappa shape index (κ1) is 25.5. The molecule has 0 saturated heterocycles. The van der Waals surface area contributed by atoms with Crippen LogP contribution in [-0.4, -0.2) is 22.6 Å². The predicted molar refractivity (Wildman–Crippen MR) is 140 cm³/mol. The van der Waals surface area contributed by atoms with Crippen LogP contribution < -0.4 is 14.8 Å². The first-order valence-electron chi connectivity index (χ1n) is 11.2. The molecule has 0 radical (unpaired) electrons. The minimum Gasteiger partial charge on any atom is -0.496 e. The number of esters is 1. The molecule has 4 aromatic rings. The predicted octanol–water partition coefficient (Wildman–Crippen LogP) is 7.86. The van der Waals surface area contributed by atoms with Crippen molar-refractivity contribution in [2.45, 2.75) is 26.8 Å². The van der Waals surface area contributed by atoms with Crippen molar-refractivity contribution < 1.29 is 18.7 Å². The van der Waals surface area contributed by atoms with Gasteiger partial charge in [-0.3, -0.25) is 0 Å². The van der Waals surface area contributed by atoms with Gasteiger partial charge in [-0.1, -0.05) is 41.4 Å². The molecule has 9 heteroatoms. The molecule has 4 rings (SSSR count). The van der Waals surface area contributed by atoms with Gasteiger partial charge in [0, 0.05) is 11.1 Å². The maximum atomic E-state index is 14.9. The molecular formula is C27H24Cl2FN3O3. The number of aryl methyl sites for hydroxylation is 1. The lowest BCUT2D eigenvalue weighted by molar-refractivity contribution is 0.0729. The molecule has 3 aromatic carbocycles. The van der Waals surface area contributed by atoms with Crippen LogP contribution >= 0.6 is 23.2 Å². The highest BCUT2D eigenvalue weighted by molar-refractivity contribution is 6.31. The number of ether oxygens (including phenoxy) is 2. The average molecular weight is 528 g/mol. The van der Waals surface area contributed by atoms with Gasteiger partial charge in [0.25, 0.3) is 0 Å². The summed E-state index contributed by atoms with van der Waals surface area (Å²) in [4.78, 5) is 18.1. The third kappa shape index (κ3) is 5.03. The van der Waals surface area contributed by atoms with E-state index in [1.54, 1.807) is 48.9 Å². The summed E-state index contributed by atoms with van der Waals surface area (Å²) in [6, 6.07) is 16.7. The summed E-state index contributed by atoms with van der Waals surface area (Å²) in [7, 11) is 1.56. The van der Waals surface area contributed by atoms with Crippen molar-refractivity contribution in [1.82, 2.24) is 9.55 Å². The number of carbonyl (C=O) groups excluding carboxylic acids is 1. The maximum absolute atomic E-state index is 14.9. The number of nitrogens with one attached hydrogen (secondary N) is 1. The van der Waals surface area contributed by atoms with E-state index in [4.69, 9.17) is 32.7 Å². The van der Waals surface area contributed by atoms with Crippen molar-refractivity contribution in [3.05, 3.63) is 87.8 Å². The van der Waals surface area contributed by atoms with Gasteiger partial charge < -0.3 is 19.4 Å². The second-order valence-corrected chi connectivity index (χ2v) is 9.17. The molecule has 0 aliphatic rings. The topological polar surface area (TPSA) is 65.4 Å². The molecule has 1 aromatic heterocycles. The van der Waals surface area contributed by atoms with E-state index in [-0.39, 0.29) is 28.3 Å². The Bertz CT molecular complexity index is 1440. The summed E-state index contributed by atoms with van der Waals surface area (Å²) >= 11 is 12.1. The summed E-state index contributed by atoms with van der Waals surface area (Å²) < 4.78 is 27.9. The smallest absolute Gasteiger partial charge is 0.366 e. The lowest BCUT2D eigenvalue weighted by atomic mass is 10.2. The van der Waals surface area contributed by atoms with Gasteiger partial charge in [-0.05, 0) is 68.8 Å². The van der Waals surface area contributed by atoms with Crippen LogP contribution in [0, 0.1) is 12.7 Å².